The summed E-state index contributed by atoms with van der Waals surface area (Å²) >= 11 is 0. The number of carbonyl (C=O) groups excluding carboxylic acids is 1. The molecule has 1 unspecified atom stereocenters. The predicted molar refractivity (Wildman–Crippen MR) is 52.3 cm³/mol. The lowest BCUT2D eigenvalue weighted by molar-refractivity contribution is -0.130. The largest absolute Gasteiger partial charge is 0.343 e. The van der Waals surface area contributed by atoms with E-state index in [1.807, 2.05) is 4.90 Å². The Balaban J connectivity index is 1.79. The Hall–Kier alpha value is -0.530. The zero-order valence-electron chi connectivity index (χ0n) is 8.68. The Morgan fingerprint density at radius 1 is 1.38 bits per heavy atom. The van der Waals surface area contributed by atoms with Crippen LogP contribution in [0.25, 0.3) is 0 Å². The van der Waals surface area contributed by atoms with Crippen LogP contribution in [0.5, 0.6) is 0 Å². The van der Waals surface area contributed by atoms with Crippen molar-refractivity contribution >= 4 is 5.91 Å². The molecule has 74 valence electrons. The molecule has 0 aromatic heterocycles. The number of hydrogen-bond donors (Lipinski definition) is 0. The van der Waals surface area contributed by atoms with E-state index in [1.54, 1.807) is 0 Å². The first-order valence-corrected chi connectivity index (χ1v) is 5.37. The van der Waals surface area contributed by atoms with Crippen LogP contribution in [-0.4, -0.2) is 23.9 Å². The maximum absolute atomic E-state index is 11.7. The van der Waals surface area contributed by atoms with E-state index >= 15 is 0 Å². The van der Waals surface area contributed by atoms with Gasteiger partial charge in [0.15, 0.2) is 0 Å². The van der Waals surface area contributed by atoms with Gasteiger partial charge in [-0.05, 0) is 30.6 Å². The van der Waals surface area contributed by atoms with Gasteiger partial charge in [0.25, 0.3) is 0 Å². The smallest absolute Gasteiger partial charge is 0.222 e. The van der Waals surface area contributed by atoms with Gasteiger partial charge in [-0.3, -0.25) is 4.79 Å². The molecule has 0 radical (unpaired) electrons. The highest BCUT2D eigenvalue weighted by molar-refractivity contribution is 5.77. The molecule has 2 nitrogen and oxygen atoms in total. The van der Waals surface area contributed by atoms with Crippen LogP contribution in [0.1, 0.15) is 39.5 Å². The second-order valence-corrected chi connectivity index (χ2v) is 5.18. The van der Waals surface area contributed by atoms with Crippen molar-refractivity contribution in [2.45, 2.75) is 39.5 Å². The van der Waals surface area contributed by atoms with Gasteiger partial charge in [0.05, 0.1) is 0 Å². The summed E-state index contributed by atoms with van der Waals surface area (Å²) in [7, 11) is 0. The van der Waals surface area contributed by atoms with Crippen LogP contribution in [0.2, 0.25) is 0 Å². The van der Waals surface area contributed by atoms with Crippen LogP contribution in [0.4, 0.5) is 0 Å². The second kappa shape index (κ2) is 3.00. The number of likely N-dealkylation sites (tertiary alicyclic amines) is 1. The molecule has 1 saturated heterocycles. The summed E-state index contributed by atoms with van der Waals surface area (Å²) in [5.41, 5.74) is 0.454. The van der Waals surface area contributed by atoms with Gasteiger partial charge in [0, 0.05) is 19.5 Å². The number of hydrogen-bond acceptors (Lipinski definition) is 1. The Morgan fingerprint density at radius 3 is 2.38 bits per heavy atom. The molecule has 1 aliphatic heterocycles. The third-order valence-corrected chi connectivity index (χ3v) is 3.60. The Bertz CT molecular complexity index is 216. The minimum atomic E-state index is 0.396. The van der Waals surface area contributed by atoms with Crippen molar-refractivity contribution in [1.29, 1.82) is 0 Å². The molecular formula is C11H19NO. The summed E-state index contributed by atoms with van der Waals surface area (Å²) in [6, 6.07) is 0. The molecule has 1 atom stereocenters. The fourth-order valence-corrected chi connectivity index (χ4v) is 2.23. The summed E-state index contributed by atoms with van der Waals surface area (Å²) in [5, 5.41) is 0. The zero-order chi connectivity index (χ0) is 9.47. The molecule has 13 heavy (non-hydrogen) atoms. The van der Waals surface area contributed by atoms with Crippen molar-refractivity contribution in [2.24, 2.45) is 11.3 Å². The number of nitrogens with zero attached hydrogens (tertiary/aromatic N) is 1. The van der Waals surface area contributed by atoms with Crippen LogP contribution in [0.15, 0.2) is 0 Å². The average Bonchev–Trinajstić information content (AvgIpc) is 2.58. The van der Waals surface area contributed by atoms with E-state index in [0.717, 1.165) is 19.5 Å². The van der Waals surface area contributed by atoms with Gasteiger partial charge in [0.1, 0.15) is 0 Å². The third kappa shape index (κ3) is 1.87. The standard InChI is InChI=1S/C11H19NO/c1-11(2)8-9(11)7-10(13)12-5-3-4-6-12/h9H,3-8H2,1-2H3. The normalized spacial score (nSPS) is 30.6. The minimum Gasteiger partial charge on any atom is -0.343 e. The van der Waals surface area contributed by atoms with Crippen LogP contribution in [0, 0.1) is 11.3 Å². The van der Waals surface area contributed by atoms with Gasteiger partial charge in [-0.25, -0.2) is 0 Å². The van der Waals surface area contributed by atoms with Gasteiger partial charge in [-0.1, -0.05) is 13.8 Å². The lowest BCUT2D eigenvalue weighted by atomic mass is 10.1. The Morgan fingerprint density at radius 2 is 1.92 bits per heavy atom. The van der Waals surface area contributed by atoms with Crippen LogP contribution < -0.4 is 0 Å². The molecule has 0 spiro atoms. The van der Waals surface area contributed by atoms with Crippen molar-refractivity contribution in [3.8, 4) is 0 Å². The molecule has 2 aliphatic rings. The van der Waals surface area contributed by atoms with Gasteiger partial charge in [-0.2, -0.15) is 0 Å². The van der Waals surface area contributed by atoms with Crippen LogP contribution >= 0.6 is 0 Å². The van der Waals surface area contributed by atoms with E-state index in [2.05, 4.69) is 13.8 Å². The minimum absolute atomic E-state index is 0.396. The number of rotatable bonds is 2. The fourth-order valence-electron chi connectivity index (χ4n) is 2.23. The summed E-state index contributed by atoms with van der Waals surface area (Å²) in [6.45, 7) is 6.53. The van der Waals surface area contributed by atoms with E-state index < -0.39 is 0 Å². The zero-order valence-corrected chi connectivity index (χ0v) is 8.68. The molecule has 0 aromatic carbocycles. The van der Waals surface area contributed by atoms with Gasteiger partial charge in [-0.15, -0.1) is 0 Å². The molecule has 0 N–H and O–H groups in total. The Labute approximate surface area is 80.3 Å². The predicted octanol–water partition coefficient (Wildman–Crippen LogP) is 2.04. The first-order valence-electron chi connectivity index (χ1n) is 5.37. The molecule has 0 bridgehead atoms. The molecule has 2 heteroatoms. The quantitative estimate of drug-likeness (QED) is 0.638. The number of amides is 1. The summed E-state index contributed by atoms with van der Waals surface area (Å²) < 4.78 is 0. The maximum Gasteiger partial charge on any atom is 0.222 e. The lowest BCUT2D eigenvalue weighted by Gasteiger charge is -2.15. The van der Waals surface area contributed by atoms with E-state index in [0.29, 0.717) is 17.2 Å². The van der Waals surface area contributed by atoms with Crippen molar-refractivity contribution < 1.29 is 4.79 Å². The Kier molecular flexibility index (Phi) is 2.09. The molecule has 2 fully saturated rings. The molecule has 1 amide bonds. The molecule has 1 saturated carbocycles. The summed E-state index contributed by atoms with van der Waals surface area (Å²) in [6.07, 6.45) is 4.46. The van der Waals surface area contributed by atoms with E-state index in [1.165, 1.54) is 19.3 Å². The lowest BCUT2D eigenvalue weighted by Crippen LogP contribution is -2.28. The van der Waals surface area contributed by atoms with Gasteiger partial charge >= 0.3 is 0 Å². The highest BCUT2D eigenvalue weighted by Gasteiger charge is 2.46. The van der Waals surface area contributed by atoms with E-state index in [4.69, 9.17) is 0 Å². The van der Waals surface area contributed by atoms with E-state index in [9.17, 15) is 4.79 Å². The van der Waals surface area contributed by atoms with Crippen molar-refractivity contribution in [3.05, 3.63) is 0 Å². The highest BCUT2D eigenvalue weighted by atomic mass is 16.2. The molecule has 2 rings (SSSR count). The summed E-state index contributed by atoms with van der Waals surface area (Å²) in [5.74, 6) is 1.06. The second-order valence-electron chi connectivity index (χ2n) is 5.18. The van der Waals surface area contributed by atoms with Gasteiger partial charge in [0.2, 0.25) is 5.91 Å². The third-order valence-electron chi connectivity index (χ3n) is 3.60. The summed E-state index contributed by atoms with van der Waals surface area (Å²) in [4.78, 5) is 13.7. The SMILES string of the molecule is CC1(C)CC1CC(=O)N1CCCC1. The average molecular weight is 181 g/mol. The maximum atomic E-state index is 11.7. The first kappa shape index (κ1) is 9.04. The van der Waals surface area contributed by atoms with Gasteiger partial charge < -0.3 is 4.90 Å². The monoisotopic (exact) mass is 181 g/mol. The van der Waals surface area contributed by atoms with Crippen LogP contribution in [0.3, 0.4) is 0 Å². The highest BCUT2D eigenvalue weighted by Crippen LogP contribution is 2.53. The number of carbonyl (C=O) groups is 1. The first-order chi connectivity index (χ1) is 6.09. The molecule has 1 aliphatic carbocycles. The molecule has 0 aromatic rings. The van der Waals surface area contributed by atoms with E-state index in [-0.39, 0.29) is 0 Å². The fraction of sp³-hybridized carbons (Fsp3) is 0.909. The molecule has 1 heterocycles. The molecular weight excluding hydrogens is 162 g/mol. The van der Waals surface area contributed by atoms with Crippen molar-refractivity contribution in [3.63, 3.8) is 0 Å². The van der Waals surface area contributed by atoms with Crippen LogP contribution in [-0.2, 0) is 4.79 Å². The topological polar surface area (TPSA) is 20.3 Å². The van der Waals surface area contributed by atoms with Crippen molar-refractivity contribution in [1.82, 2.24) is 4.90 Å². The van der Waals surface area contributed by atoms with Crippen molar-refractivity contribution in [2.75, 3.05) is 13.1 Å².